The summed E-state index contributed by atoms with van der Waals surface area (Å²) in [4.78, 5) is 0. The highest BCUT2D eigenvalue weighted by atomic mass is 35.5. The number of hydrogen-bond acceptors (Lipinski definition) is 0. The van der Waals surface area contributed by atoms with Crippen molar-refractivity contribution in [2.75, 3.05) is 0 Å². The second-order valence-corrected chi connectivity index (χ2v) is 10.3. The third-order valence-corrected chi connectivity index (χ3v) is 8.01. The molecule has 38 heavy (non-hydrogen) atoms. The topological polar surface area (TPSA) is 0 Å². The van der Waals surface area contributed by atoms with Gasteiger partial charge in [-0.15, -0.1) is 0 Å². The molecular weight excluding hydrogens is 480 g/mol. The van der Waals surface area contributed by atoms with E-state index in [0.29, 0.717) is 0 Å². The van der Waals surface area contributed by atoms with Gasteiger partial charge in [0.15, 0.2) is 0 Å². The lowest BCUT2D eigenvalue weighted by Gasteiger charge is -2.35. The first-order chi connectivity index (χ1) is 18.8. The van der Waals surface area contributed by atoms with Gasteiger partial charge in [-0.05, 0) is 73.8 Å². The second-order valence-electron chi connectivity index (χ2n) is 9.85. The highest BCUT2D eigenvalue weighted by molar-refractivity contribution is 6.31. The highest BCUT2D eigenvalue weighted by Crippen LogP contribution is 2.58. The molecule has 6 aromatic carbocycles. The van der Waals surface area contributed by atoms with Crippen molar-refractivity contribution in [3.05, 3.63) is 179 Å². The van der Waals surface area contributed by atoms with E-state index in [4.69, 9.17) is 11.6 Å². The molecule has 0 radical (unpaired) electrons. The van der Waals surface area contributed by atoms with E-state index in [1.165, 1.54) is 38.9 Å². The third kappa shape index (κ3) is 3.45. The van der Waals surface area contributed by atoms with E-state index < -0.39 is 5.41 Å². The lowest BCUT2D eigenvalue weighted by molar-refractivity contribution is 0.770. The molecule has 0 atom stereocenters. The number of rotatable bonds is 4. The van der Waals surface area contributed by atoms with E-state index in [1.54, 1.807) is 0 Å². The molecule has 1 heteroatoms. The molecule has 0 spiro atoms. The Morgan fingerprint density at radius 2 is 0.921 bits per heavy atom. The highest BCUT2D eigenvalue weighted by Gasteiger charge is 2.47. The van der Waals surface area contributed by atoms with Crippen LogP contribution in [0.25, 0.3) is 33.4 Å². The Bertz CT molecular complexity index is 1710. The summed E-state index contributed by atoms with van der Waals surface area (Å²) < 4.78 is 0. The molecule has 0 unspecified atom stereocenters. The summed E-state index contributed by atoms with van der Waals surface area (Å²) in [6.45, 7) is 0. The summed E-state index contributed by atoms with van der Waals surface area (Å²) in [5, 5.41) is 0.736. The molecule has 6 aromatic rings. The molecule has 0 N–H and O–H groups in total. The van der Waals surface area contributed by atoms with Gasteiger partial charge in [0.25, 0.3) is 0 Å². The number of fused-ring (bicyclic) bond motifs is 3. The van der Waals surface area contributed by atoms with Gasteiger partial charge < -0.3 is 0 Å². The van der Waals surface area contributed by atoms with Gasteiger partial charge >= 0.3 is 0 Å². The fourth-order valence-corrected chi connectivity index (χ4v) is 6.52. The van der Waals surface area contributed by atoms with E-state index in [0.717, 1.165) is 21.7 Å². The van der Waals surface area contributed by atoms with E-state index in [-0.39, 0.29) is 0 Å². The second kappa shape index (κ2) is 9.17. The molecule has 1 aliphatic carbocycles. The zero-order chi connectivity index (χ0) is 25.5. The minimum atomic E-state index is -0.458. The molecule has 0 bridgehead atoms. The molecular formula is C37H25Cl. The monoisotopic (exact) mass is 504 g/mol. The summed E-state index contributed by atoms with van der Waals surface area (Å²) in [6.07, 6.45) is 0. The van der Waals surface area contributed by atoms with Crippen LogP contribution in [0.4, 0.5) is 0 Å². The fraction of sp³-hybridized carbons (Fsp3) is 0.0270. The minimum absolute atomic E-state index is 0.458. The predicted octanol–water partition coefficient (Wildman–Crippen LogP) is 10.0. The Balaban J connectivity index is 1.60. The van der Waals surface area contributed by atoms with Gasteiger partial charge in [-0.1, -0.05) is 145 Å². The van der Waals surface area contributed by atoms with Gasteiger partial charge in [-0.25, -0.2) is 0 Å². The van der Waals surface area contributed by atoms with Crippen molar-refractivity contribution < 1.29 is 0 Å². The van der Waals surface area contributed by atoms with Gasteiger partial charge in [-0.2, -0.15) is 0 Å². The Hall–Kier alpha value is -4.39. The Labute approximate surface area is 228 Å². The summed E-state index contributed by atoms with van der Waals surface area (Å²) in [7, 11) is 0. The van der Waals surface area contributed by atoms with Gasteiger partial charge in [0, 0.05) is 5.02 Å². The average molecular weight is 505 g/mol. The maximum absolute atomic E-state index is 6.79. The SMILES string of the molecule is Clc1cc(-c2ccccc2)cc(-c2cccc3c2C(c2ccccc2)(c2ccccc2)c2ccccc2-3)c1. The predicted molar refractivity (Wildman–Crippen MR) is 160 cm³/mol. The Morgan fingerprint density at radius 3 is 1.61 bits per heavy atom. The lowest BCUT2D eigenvalue weighted by Crippen LogP contribution is -2.29. The fourth-order valence-electron chi connectivity index (χ4n) is 6.29. The van der Waals surface area contributed by atoms with Crippen molar-refractivity contribution >= 4 is 11.6 Å². The van der Waals surface area contributed by atoms with Crippen LogP contribution in [-0.2, 0) is 5.41 Å². The van der Waals surface area contributed by atoms with Crippen LogP contribution in [-0.4, -0.2) is 0 Å². The van der Waals surface area contributed by atoms with E-state index in [2.05, 4.69) is 146 Å². The van der Waals surface area contributed by atoms with Crippen molar-refractivity contribution in [3.8, 4) is 33.4 Å². The molecule has 0 heterocycles. The van der Waals surface area contributed by atoms with E-state index in [9.17, 15) is 0 Å². The molecule has 7 rings (SSSR count). The standard InChI is InChI=1S/C37H25Cl/c38-31-24-27(26-13-4-1-5-14-26)23-28(25-31)32-20-12-21-34-33-19-10-11-22-35(33)37(36(32)34,29-15-6-2-7-16-29)30-17-8-3-9-18-30/h1-25H. The summed E-state index contributed by atoms with van der Waals surface area (Å²) in [5.41, 5.74) is 11.8. The van der Waals surface area contributed by atoms with Crippen molar-refractivity contribution in [1.82, 2.24) is 0 Å². The van der Waals surface area contributed by atoms with Gasteiger partial charge in [0.1, 0.15) is 0 Å². The van der Waals surface area contributed by atoms with Gasteiger partial charge in [-0.3, -0.25) is 0 Å². The van der Waals surface area contributed by atoms with Crippen LogP contribution in [0.5, 0.6) is 0 Å². The lowest BCUT2D eigenvalue weighted by atomic mass is 9.66. The molecule has 0 saturated heterocycles. The Kier molecular flexibility index (Phi) is 5.50. The molecule has 180 valence electrons. The summed E-state index contributed by atoms with van der Waals surface area (Å²) in [5.74, 6) is 0. The van der Waals surface area contributed by atoms with Crippen LogP contribution in [0.1, 0.15) is 22.3 Å². The van der Waals surface area contributed by atoms with Crippen LogP contribution in [0.2, 0.25) is 5.02 Å². The zero-order valence-electron chi connectivity index (χ0n) is 20.8. The molecule has 0 aliphatic heterocycles. The van der Waals surface area contributed by atoms with Gasteiger partial charge in [0.2, 0.25) is 0 Å². The maximum atomic E-state index is 6.79. The number of hydrogen-bond donors (Lipinski definition) is 0. The minimum Gasteiger partial charge on any atom is -0.0843 e. The summed E-state index contributed by atoms with van der Waals surface area (Å²) in [6, 6.07) is 54.3. The summed E-state index contributed by atoms with van der Waals surface area (Å²) >= 11 is 6.79. The first-order valence-corrected chi connectivity index (χ1v) is 13.4. The van der Waals surface area contributed by atoms with E-state index >= 15 is 0 Å². The van der Waals surface area contributed by atoms with Crippen LogP contribution in [0.15, 0.2) is 152 Å². The Morgan fingerprint density at radius 1 is 0.395 bits per heavy atom. The maximum Gasteiger partial charge on any atom is 0.0719 e. The van der Waals surface area contributed by atoms with Gasteiger partial charge in [0.05, 0.1) is 5.41 Å². The van der Waals surface area contributed by atoms with Crippen molar-refractivity contribution in [2.45, 2.75) is 5.41 Å². The van der Waals surface area contributed by atoms with Crippen LogP contribution in [0.3, 0.4) is 0 Å². The van der Waals surface area contributed by atoms with Crippen molar-refractivity contribution in [1.29, 1.82) is 0 Å². The number of halogens is 1. The zero-order valence-corrected chi connectivity index (χ0v) is 21.6. The normalized spacial score (nSPS) is 13.1. The smallest absolute Gasteiger partial charge is 0.0719 e. The first-order valence-electron chi connectivity index (χ1n) is 13.0. The van der Waals surface area contributed by atoms with Crippen molar-refractivity contribution in [3.63, 3.8) is 0 Å². The largest absolute Gasteiger partial charge is 0.0843 e. The average Bonchev–Trinajstić information content (AvgIpc) is 3.30. The van der Waals surface area contributed by atoms with Crippen LogP contribution < -0.4 is 0 Å². The van der Waals surface area contributed by atoms with Crippen LogP contribution >= 0.6 is 11.6 Å². The van der Waals surface area contributed by atoms with Crippen LogP contribution in [0, 0.1) is 0 Å². The molecule has 0 amide bonds. The molecule has 1 aliphatic rings. The molecule has 0 aromatic heterocycles. The quantitative estimate of drug-likeness (QED) is 0.223. The van der Waals surface area contributed by atoms with E-state index in [1.807, 2.05) is 6.07 Å². The molecule has 0 nitrogen and oxygen atoms in total. The number of benzene rings is 6. The molecule has 0 fully saturated rings. The van der Waals surface area contributed by atoms with Crippen molar-refractivity contribution in [2.24, 2.45) is 0 Å². The third-order valence-electron chi connectivity index (χ3n) is 7.79. The molecule has 0 saturated carbocycles. The first kappa shape index (κ1) is 22.8.